The molecular weight excluding hydrogens is 442 g/mol. The molecule has 0 spiro atoms. The standard InChI is InChI=1S/C22H21N7O5/c1-22(32,21(31)25-13-2-3-15-16(12-13)34-27-19(15)23)18-20(30)28(10-11-33-18)17-6-9-29(26-17)14-4-7-24-8-5-14/h2-9,12,18,32H,10-11H2,1H3,(H2,23,27)(H,25,31)/t18-,22+/m0/s1. The van der Waals surface area contributed by atoms with Crippen molar-refractivity contribution in [3.05, 3.63) is 55.0 Å². The van der Waals surface area contributed by atoms with Gasteiger partial charge in [-0.05, 0) is 31.2 Å². The SMILES string of the molecule is C[C@](O)(C(=O)Nc1ccc2c(N)noc2c1)[C@H]1OCCN(c2ccn(-c3ccncc3)n2)C1=O. The molecule has 1 fully saturated rings. The van der Waals surface area contributed by atoms with E-state index in [2.05, 4.69) is 20.6 Å². The number of nitrogens with zero attached hydrogens (tertiary/aromatic N) is 5. The van der Waals surface area contributed by atoms with Gasteiger partial charge in [-0.3, -0.25) is 19.5 Å². The molecule has 1 aliphatic rings. The minimum Gasteiger partial charge on any atom is -0.380 e. The maximum absolute atomic E-state index is 13.2. The van der Waals surface area contributed by atoms with Gasteiger partial charge in [-0.1, -0.05) is 5.16 Å². The van der Waals surface area contributed by atoms with Crippen LogP contribution >= 0.6 is 0 Å². The predicted molar refractivity (Wildman–Crippen MR) is 121 cm³/mol. The number of hydrogen-bond donors (Lipinski definition) is 3. The molecule has 3 aromatic heterocycles. The van der Waals surface area contributed by atoms with Crippen molar-refractivity contribution in [2.45, 2.75) is 18.6 Å². The summed E-state index contributed by atoms with van der Waals surface area (Å²) >= 11 is 0. The van der Waals surface area contributed by atoms with Crippen LogP contribution in [0.5, 0.6) is 0 Å². The Bertz CT molecular complexity index is 1360. The molecular formula is C22H21N7O5. The number of fused-ring (bicyclic) bond motifs is 1. The average Bonchev–Trinajstić information content (AvgIpc) is 3.47. The van der Waals surface area contributed by atoms with Gasteiger partial charge in [-0.25, -0.2) is 4.68 Å². The first-order valence-corrected chi connectivity index (χ1v) is 10.4. The maximum Gasteiger partial charge on any atom is 0.260 e. The Kier molecular flexibility index (Phi) is 5.23. The number of morpholine rings is 1. The Hall–Kier alpha value is -4.29. The van der Waals surface area contributed by atoms with Gasteiger partial charge in [0.15, 0.2) is 28.9 Å². The first kappa shape index (κ1) is 21.6. The molecule has 2 amide bonds. The molecule has 2 atom stereocenters. The fourth-order valence-electron chi connectivity index (χ4n) is 3.73. The lowest BCUT2D eigenvalue weighted by Gasteiger charge is -2.37. The van der Waals surface area contributed by atoms with Crippen molar-refractivity contribution in [1.82, 2.24) is 19.9 Å². The summed E-state index contributed by atoms with van der Waals surface area (Å²) in [6.07, 6.45) is 3.55. The number of nitrogens with two attached hydrogens (primary N) is 1. The number of amides is 2. The van der Waals surface area contributed by atoms with Gasteiger partial charge in [0.1, 0.15) is 0 Å². The molecule has 34 heavy (non-hydrogen) atoms. The Morgan fingerprint density at radius 3 is 2.85 bits per heavy atom. The van der Waals surface area contributed by atoms with Crippen LogP contribution in [0.2, 0.25) is 0 Å². The highest BCUT2D eigenvalue weighted by atomic mass is 16.5. The lowest BCUT2D eigenvalue weighted by Crippen LogP contribution is -2.61. The normalized spacial score (nSPS) is 18.1. The van der Waals surface area contributed by atoms with Gasteiger partial charge in [0.25, 0.3) is 11.8 Å². The van der Waals surface area contributed by atoms with Crippen LogP contribution in [0, 0.1) is 0 Å². The molecule has 12 nitrogen and oxygen atoms in total. The molecule has 1 saturated heterocycles. The summed E-state index contributed by atoms with van der Waals surface area (Å²) in [4.78, 5) is 31.5. The molecule has 1 aliphatic heterocycles. The molecule has 4 aromatic rings. The molecule has 0 saturated carbocycles. The molecule has 12 heteroatoms. The highest BCUT2D eigenvalue weighted by Crippen LogP contribution is 2.27. The molecule has 0 bridgehead atoms. The number of aliphatic hydroxyl groups is 1. The monoisotopic (exact) mass is 463 g/mol. The van der Waals surface area contributed by atoms with Crippen LogP contribution in [0.25, 0.3) is 16.7 Å². The Morgan fingerprint density at radius 2 is 2.06 bits per heavy atom. The van der Waals surface area contributed by atoms with E-state index >= 15 is 0 Å². The summed E-state index contributed by atoms with van der Waals surface area (Å²) in [5.41, 5.74) is 5.02. The van der Waals surface area contributed by atoms with E-state index in [1.54, 1.807) is 53.6 Å². The Morgan fingerprint density at radius 1 is 1.26 bits per heavy atom. The van der Waals surface area contributed by atoms with Gasteiger partial charge in [0.05, 0.1) is 24.2 Å². The van der Waals surface area contributed by atoms with Gasteiger partial charge in [0, 0.05) is 36.4 Å². The van der Waals surface area contributed by atoms with Gasteiger partial charge >= 0.3 is 0 Å². The molecule has 0 unspecified atom stereocenters. The Labute approximate surface area is 192 Å². The summed E-state index contributed by atoms with van der Waals surface area (Å²) in [6, 6.07) is 9.97. The first-order valence-electron chi connectivity index (χ1n) is 10.4. The average molecular weight is 463 g/mol. The third-order valence-electron chi connectivity index (χ3n) is 5.60. The zero-order chi connectivity index (χ0) is 23.9. The number of nitrogens with one attached hydrogen (secondary N) is 1. The first-order chi connectivity index (χ1) is 16.3. The fourth-order valence-corrected chi connectivity index (χ4v) is 3.73. The van der Waals surface area contributed by atoms with Gasteiger partial charge in [0.2, 0.25) is 0 Å². The molecule has 0 radical (unpaired) electrons. The largest absolute Gasteiger partial charge is 0.380 e. The van der Waals surface area contributed by atoms with Crippen LogP contribution in [-0.4, -0.2) is 61.7 Å². The highest BCUT2D eigenvalue weighted by molar-refractivity contribution is 6.06. The number of benzene rings is 1. The quantitative estimate of drug-likeness (QED) is 0.394. The summed E-state index contributed by atoms with van der Waals surface area (Å²) in [5, 5.41) is 22.3. The smallest absolute Gasteiger partial charge is 0.260 e. The van der Waals surface area contributed by atoms with Crippen molar-refractivity contribution in [3.8, 4) is 5.69 Å². The van der Waals surface area contributed by atoms with Gasteiger partial charge in [-0.2, -0.15) is 0 Å². The molecule has 5 rings (SSSR count). The molecule has 0 aliphatic carbocycles. The van der Waals surface area contributed by atoms with Crippen molar-refractivity contribution in [1.29, 1.82) is 0 Å². The van der Waals surface area contributed by atoms with E-state index in [1.807, 2.05) is 0 Å². The van der Waals surface area contributed by atoms with Crippen LogP contribution < -0.4 is 16.0 Å². The minimum atomic E-state index is -2.17. The molecule has 4 heterocycles. The molecule has 4 N–H and O–H groups in total. The van der Waals surface area contributed by atoms with E-state index in [0.717, 1.165) is 5.69 Å². The second kappa shape index (κ2) is 8.24. The van der Waals surface area contributed by atoms with Crippen LogP contribution in [0.4, 0.5) is 17.3 Å². The number of carbonyl (C=O) groups excluding carboxylic acids is 2. The van der Waals surface area contributed by atoms with E-state index in [0.29, 0.717) is 22.5 Å². The minimum absolute atomic E-state index is 0.116. The van der Waals surface area contributed by atoms with Crippen LogP contribution in [-0.2, 0) is 14.3 Å². The van der Waals surface area contributed by atoms with E-state index in [9.17, 15) is 14.7 Å². The van der Waals surface area contributed by atoms with Crippen LogP contribution in [0.15, 0.2) is 59.5 Å². The number of hydrogen-bond acceptors (Lipinski definition) is 9. The van der Waals surface area contributed by atoms with Crippen LogP contribution in [0.3, 0.4) is 0 Å². The van der Waals surface area contributed by atoms with Crippen molar-refractivity contribution < 1.29 is 24.0 Å². The number of carbonyl (C=O) groups is 2. The van der Waals surface area contributed by atoms with E-state index in [4.69, 9.17) is 15.0 Å². The zero-order valence-electron chi connectivity index (χ0n) is 18.1. The number of nitrogen functional groups attached to an aromatic ring is 1. The summed E-state index contributed by atoms with van der Waals surface area (Å²) in [7, 11) is 0. The lowest BCUT2D eigenvalue weighted by atomic mass is 9.95. The van der Waals surface area contributed by atoms with Crippen molar-refractivity contribution >= 4 is 40.1 Å². The third kappa shape index (κ3) is 3.74. The summed E-state index contributed by atoms with van der Waals surface area (Å²) in [6.45, 7) is 1.57. The maximum atomic E-state index is 13.2. The zero-order valence-corrected chi connectivity index (χ0v) is 18.1. The number of anilines is 3. The fraction of sp³-hybridized carbons (Fsp3) is 0.227. The van der Waals surface area contributed by atoms with E-state index < -0.39 is 23.5 Å². The third-order valence-corrected chi connectivity index (χ3v) is 5.60. The van der Waals surface area contributed by atoms with Crippen molar-refractivity contribution in [2.24, 2.45) is 0 Å². The number of ether oxygens (including phenoxy) is 1. The number of rotatable bonds is 5. The van der Waals surface area contributed by atoms with Crippen molar-refractivity contribution in [3.63, 3.8) is 0 Å². The second-order valence-corrected chi connectivity index (χ2v) is 7.95. The predicted octanol–water partition coefficient (Wildman–Crippen LogP) is 1.11. The van der Waals surface area contributed by atoms with E-state index in [1.165, 1.54) is 17.9 Å². The summed E-state index contributed by atoms with van der Waals surface area (Å²) < 4.78 is 12.2. The second-order valence-electron chi connectivity index (χ2n) is 7.95. The lowest BCUT2D eigenvalue weighted by molar-refractivity contribution is -0.165. The number of aromatic nitrogens is 4. The van der Waals surface area contributed by atoms with Gasteiger partial charge < -0.3 is 25.4 Å². The number of pyridine rings is 1. The van der Waals surface area contributed by atoms with Gasteiger partial charge in [-0.15, -0.1) is 5.10 Å². The Balaban J connectivity index is 1.34. The molecule has 174 valence electrons. The molecule has 1 aromatic carbocycles. The topological polar surface area (TPSA) is 162 Å². The highest BCUT2D eigenvalue weighted by Gasteiger charge is 2.48. The van der Waals surface area contributed by atoms with E-state index in [-0.39, 0.29) is 19.0 Å². The van der Waals surface area contributed by atoms with Crippen molar-refractivity contribution in [2.75, 3.05) is 29.1 Å². The van der Waals surface area contributed by atoms with Crippen LogP contribution in [0.1, 0.15) is 6.92 Å². The summed E-state index contributed by atoms with van der Waals surface area (Å²) in [5.74, 6) is -0.793.